The lowest BCUT2D eigenvalue weighted by molar-refractivity contribution is -0.132. The summed E-state index contributed by atoms with van der Waals surface area (Å²) in [4.78, 5) is 14.4. The topological polar surface area (TPSA) is 29.5 Å². The number of unbranched alkanes of at least 4 members (excludes halogenated alkanes) is 1. The van der Waals surface area contributed by atoms with Crippen molar-refractivity contribution in [3.05, 3.63) is 29.8 Å². The van der Waals surface area contributed by atoms with Gasteiger partial charge in [-0.2, -0.15) is 0 Å². The van der Waals surface area contributed by atoms with E-state index in [2.05, 4.69) is 28.1 Å². The number of carbonyl (C=O) groups excluding carboxylic acids is 1. The number of hydrogen-bond donors (Lipinski definition) is 0. The fraction of sp³-hybridized carbons (Fsp3) is 0.562. The number of ether oxygens (including phenoxy) is 1. The lowest BCUT2D eigenvalue weighted by Gasteiger charge is -2.25. The van der Waals surface area contributed by atoms with E-state index in [1.54, 1.807) is 7.11 Å². The minimum Gasteiger partial charge on any atom is -0.497 e. The minimum atomic E-state index is 0.224. The fourth-order valence-corrected chi connectivity index (χ4v) is 3.17. The Labute approximate surface area is 129 Å². The molecule has 1 heterocycles. The van der Waals surface area contributed by atoms with Crippen LogP contribution in [0.2, 0.25) is 0 Å². The maximum atomic E-state index is 12.3. The molecular formula is C16H22BrNO2. The van der Waals surface area contributed by atoms with Crippen LogP contribution in [0.5, 0.6) is 5.75 Å². The third kappa shape index (κ3) is 3.75. The Morgan fingerprint density at radius 1 is 1.45 bits per heavy atom. The van der Waals surface area contributed by atoms with Crippen LogP contribution >= 0.6 is 15.9 Å². The highest BCUT2D eigenvalue weighted by molar-refractivity contribution is 9.09. The largest absolute Gasteiger partial charge is 0.497 e. The first kappa shape index (κ1) is 15.4. The molecule has 1 aliphatic heterocycles. The summed E-state index contributed by atoms with van der Waals surface area (Å²) in [6.07, 6.45) is 4.82. The van der Waals surface area contributed by atoms with Crippen molar-refractivity contribution in [3.8, 4) is 5.75 Å². The van der Waals surface area contributed by atoms with Crippen molar-refractivity contribution in [2.45, 2.75) is 38.1 Å². The molecule has 3 nitrogen and oxygen atoms in total. The number of benzene rings is 1. The van der Waals surface area contributed by atoms with E-state index in [0.717, 1.165) is 43.3 Å². The summed E-state index contributed by atoms with van der Waals surface area (Å²) < 4.78 is 5.28. The Bertz CT molecular complexity index is 450. The number of likely N-dealkylation sites (tertiary alicyclic amines) is 1. The van der Waals surface area contributed by atoms with Crippen molar-refractivity contribution in [3.63, 3.8) is 0 Å². The molecule has 4 heteroatoms. The van der Waals surface area contributed by atoms with Gasteiger partial charge < -0.3 is 9.64 Å². The summed E-state index contributed by atoms with van der Waals surface area (Å²) in [6.45, 7) is 0.884. The van der Waals surface area contributed by atoms with Gasteiger partial charge in [0.15, 0.2) is 0 Å². The molecule has 0 bridgehead atoms. The van der Waals surface area contributed by atoms with E-state index in [4.69, 9.17) is 4.74 Å². The monoisotopic (exact) mass is 339 g/mol. The Hall–Kier alpha value is -1.03. The molecule has 1 saturated heterocycles. The predicted molar refractivity (Wildman–Crippen MR) is 84.3 cm³/mol. The predicted octanol–water partition coefficient (Wildman–Crippen LogP) is 3.92. The number of alkyl halides is 1. The van der Waals surface area contributed by atoms with E-state index >= 15 is 0 Å². The van der Waals surface area contributed by atoms with Gasteiger partial charge >= 0.3 is 0 Å². The van der Waals surface area contributed by atoms with Crippen molar-refractivity contribution in [2.24, 2.45) is 0 Å². The van der Waals surface area contributed by atoms with Gasteiger partial charge in [0.05, 0.1) is 13.2 Å². The highest BCUT2D eigenvalue weighted by Crippen LogP contribution is 2.34. The van der Waals surface area contributed by atoms with E-state index in [1.807, 2.05) is 17.0 Å². The highest BCUT2D eigenvalue weighted by Gasteiger charge is 2.29. The summed E-state index contributed by atoms with van der Waals surface area (Å²) in [6, 6.07) is 8.31. The number of hydrogen-bond acceptors (Lipinski definition) is 2. The van der Waals surface area contributed by atoms with Gasteiger partial charge in [0, 0.05) is 18.3 Å². The molecule has 1 fully saturated rings. The molecule has 1 atom stereocenters. The zero-order valence-corrected chi connectivity index (χ0v) is 13.6. The smallest absolute Gasteiger partial charge is 0.223 e. The molecule has 0 radical (unpaired) electrons. The summed E-state index contributed by atoms with van der Waals surface area (Å²) in [5.41, 5.74) is 1.19. The number of methoxy groups -OCH3 is 1. The molecule has 1 aliphatic rings. The van der Waals surface area contributed by atoms with Crippen LogP contribution in [-0.2, 0) is 4.79 Å². The van der Waals surface area contributed by atoms with E-state index in [-0.39, 0.29) is 11.9 Å². The standard InChI is InChI=1S/C16H22BrNO2/c1-20-14-7-4-6-13(12-14)15-8-5-11-18(15)16(19)9-2-3-10-17/h4,6-7,12,15H,2-3,5,8-11H2,1H3. The number of carbonyl (C=O) groups is 1. The molecule has 0 N–H and O–H groups in total. The van der Waals surface area contributed by atoms with Crippen LogP contribution in [0.1, 0.15) is 43.7 Å². The number of amides is 1. The maximum absolute atomic E-state index is 12.3. The van der Waals surface area contributed by atoms with Gasteiger partial charge in [-0.1, -0.05) is 28.1 Å². The summed E-state index contributed by atoms with van der Waals surface area (Å²) in [5, 5.41) is 0.972. The molecule has 0 aliphatic carbocycles. The Balaban J connectivity index is 2.04. The normalized spacial score (nSPS) is 18.3. The first-order valence-electron chi connectivity index (χ1n) is 7.25. The van der Waals surface area contributed by atoms with Gasteiger partial charge in [0.25, 0.3) is 0 Å². The number of halogens is 1. The Morgan fingerprint density at radius 3 is 3.05 bits per heavy atom. The van der Waals surface area contributed by atoms with Crippen molar-refractivity contribution in [1.29, 1.82) is 0 Å². The third-order valence-corrected chi connectivity index (χ3v) is 4.39. The Morgan fingerprint density at radius 2 is 2.30 bits per heavy atom. The first-order valence-corrected chi connectivity index (χ1v) is 8.38. The second-order valence-electron chi connectivity index (χ2n) is 5.17. The van der Waals surface area contributed by atoms with Crippen molar-refractivity contribution < 1.29 is 9.53 Å². The second kappa shape index (κ2) is 7.67. The van der Waals surface area contributed by atoms with Crippen LogP contribution in [0, 0.1) is 0 Å². The molecule has 110 valence electrons. The average Bonchev–Trinajstić information content (AvgIpc) is 2.97. The Kier molecular flexibility index (Phi) is 5.89. The van der Waals surface area contributed by atoms with E-state index in [1.165, 1.54) is 5.56 Å². The van der Waals surface area contributed by atoms with Crippen LogP contribution in [0.4, 0.5) is 0 Å². The number of nitrogens with zero attached hydrogens (tertiary/aromatic N) is 1. The molecule has 1 aromatic rings. The van der Waals surface area contributed by atoms with E-state index < -0.39 is 0 Å². The van der Waals surface area contributed by atoms with Gasteiger partial charge in [-0.05, 0) is 43.4 Å². The van der Waals surface area contributed by atoms with E-state index in [9.17, 15) is 4.79 Å². The van der Waals surface area contributed by atoms with Gasteiger partial charge in [-0.15, -0.1) is 0 Å². The van der Waals surface area contributed by atoms with Gasteiger partial charge in [0.2, 0.25) is 5.91 Å². The van der Waals surface area contributed by atoms with Gasteiger partial charge in [-0.25, -0.2) is 0 Å². The molecule has 0 aromatic heterocycles. The minimum absolute atomic E-state index is 0.224. The lowest BCUT2D eigenvalue weighted by atomic mass is 10.0. The second-order valence-corrected chi connectivity index (χ2v) is 5.96. The van der Waals surface area contributed by atoms with Crippen molar-refractivity contribution >= 4 is 21.8 Å². The zero-order valence-electron chi connectivity index (χ0n) is 12.0. The molecule has 1 amide bonds. The van der Waals surface area contributed by atoms with Crippen LogP contribution in [-0.4, -0.2) is 29.8 Å². The average molecular weight is 340 g/mol. The maximum Gasteiger partial charge on any atom is 0.223 e. The summed E-state index contributed by atoms with van der Waals surface area (Å²) in [5.74, 6) is 1.15. The van der Waals surface area contributed by atoms with Gasteiger partial charge in [0.1, 0.15) is 5.75 Å². The molecular weight excluding hydrogens is 318 g/mol. The van der Waals surface area contributed by atoms with Crippen LogP contribution in [0.3, 0.4) is 0 Å². The van der Waals surface area contributed by atoms with Crippen LogP contribution in [0.15, 0.2) is 24.3 Å². The van der Waals surface area contributed by atoms with E-state index in [0.29, 0.717) is 6.42 Å². The number of rotatable bonds is 6. The first-order chi connectivity index (χ1) is 9.76. The van der Waals surface area contributed by atoms with Crippen LogP contribution in [0.25, 0.3) is 0 Å². The third-order valence-electron chi connectivity index (χ3n) is 3.83. The molecule has 0 saturated carbocycles. The zero-order chi connectivity index (χ0) is 14.4. The van der Waals surface area contributed by atoms with Crippen molar-refractivity contribution in [2.75, 3.05) is 19.0 Å². The SMILES string of the molecule is COc1cccc(C2CCCN2C(=O)CCCCBr)c1. The fourth-order valence-electron chi connectivity index (χ4n) is 2.77. The molecule has 1 aromatic carbocycles. The van der Waals surface area contributed by atoms with Gasteiger partial charge in [-0.3, -0.25) is 4.79 Å². The quantitative estimate of drug-likeness (QED) is 0.580. The molecule has 1 unspecified atom stereocenters. The summed E-state index contributed by atoms with van der Waals surface area (Å²) >= 11 is 3.41. The lowest BCUT2D eigenvalue weighted by Crippen LogP contribution is -2.30. The molecule has 2 rings (SSSR count). The summed E-state index contributed by atoms with van der Waals surface area (Å²) in [7, 11) is 1.68. The highest BCUT2D eigenvalue weighted by atomic mass is 79.9. The molecule has 0 spiro atoms. The molecule has 20 heavy (non-hydrogen) atoms. The van der Waals surface area contributed by atoms with Crippen molar-refractivity contribution in [1.82, 2.24) is 4.90 Å². The van der Waals surface area contributed by atoms with Crippen LogP contribution < -0.4 is 4.74 Å².